The number of piperidine rings is 1. The van der Waals surface area contributed by atoms with Gasteiger partial charge in [-0.05, 0) is 37.5 Å². The van der Waals surface area contributed by atoms with Gasteiger partial charge < -0.3 is 10.0 Å². The Labute approximate surface area is 120 Å². The lowest BCUT2D eigenvalue weighted by Crippen LogP contribution is -2.46. The van der Waals surface area contributed by atoms with Crippen molar-refractivity contribution < 1.29 is 23.5 Å². The number of hydrogen-bond donors (Lipinski definition) is 1. The topological polar surface area (TPSA) is 57.6 Å². The summed E-state index contributed by atoms with van der Waals surface area (Å²) < 4.78 is 27.5. The molecule has 2 aliphatic rings. The predicted octanol–water partition coefficient (Wildman–Crippen LogP) is 2.49. The molecule has 21 heavy (non-hydrogen) atoms. The normalized spacial score (nSPS) is 26.0. The fourth-order valence-electron chi connectivity index (χ4n) is 3.06. The minimum atomic E-state index is -1.08. The van der Waals surface area contributed by atoms with Crippen molar-refractivity contribution in [2.45, 2.75) is 37.8 Å². The van der Waals surface area contributed by atoms with Gasteiger partial charge in [0.25, 0.3) is 0 Å². The first kappa shape index (κ1) is 14.0. The molecule has 1 heterocycles. The third-order valence-electron chi connectivity index (χ3n) is 4.17. The van der Waals surface area contributed by atoms with E-state index in [0.717, 1.165) is 31.0 Å². The number of carboxylic acid groups (broad SMARTS) is 1. The molecule has 2 atom stereocenters. The number of aliphatic carboxylic acids is 1. The number of halogens is 2. The lowest BCUT2D eigenvalue weighted by Gasteiger charge is -2.40. The first-order valence-electron chi connectivity index (χ1n) is 6.98. The molecule has 0 aromatic heterocycles. The van der Waals surface area contributed by atoms with Gasteiger partial charge in [0.2, 0.25) is 5.91 Å². The monoisotopic (exact) mass is 295 g/mol. The Morgan fingerprint density at radius 3 is 2.57 bits per heavy atom. The number of hydrogen-bond acceptors (Lipinski definition) is 2. The Morgan fingerprint density at radius 1 is 1.24 bits per heavy atom. The summed E-state index contributed by atoms with van der Waals surface area (Å²) in [6, 6.07) is 2.00. The predicted molar refractivity (Wildman–Crippen MR) is 69.3 cm³/mol. The Kier molecular flexibility index (Phi) is 3.39. The van der Waals surface area contributed by atoms with E-state index >= 15 is 0 Å². The third-order valence-corrected chi connectivity index (χ3v) is 4.17. The number of rotatable bonds is 3. The van der Waals surface area contributed by atoms with Crippen LogP contribution in [0.4, 0.5) is 8.78 Å². The minimum Gasteiger partial charge on any atom is -0.481 e. The van der Waals surface area contributed by atoms with Crippen molar-refractivity contribution in [1.29, 1.82) is 0 Å². The van der Waals surface area contributed by atoms with Crippen molar-refractivity contribution in [2.75, 3.05) is 0 Å². The number of carbonyl (C=O) groups is 2. The smallest absolute Gasteiger partial charge is 0.308 e. The molecule has 4 nitrogen and oxygen atoms in total. The number of carboxylic acids is 1. The zero-order chi connectivity index (χ0) is 15.1. The van der Waals surface area contributed by atoms with Crippen LogP contribution in [0.2, 0.25) is 0 Å². The van der Waals surface area contributed by atoms with E-state index in [1.165, 1.54) is 4.90 Å². The van der Waals surface area contributed by atoms with Gasteiger partial charge in [0.05, 0.1) is 12.0 Å². The van der Waals surface area contributed by atoms with Crippen LogP contribution in [0, 0.1) is 17.6 Å². The van der Waals surface area contributed by atoms with E-state index in [9.17, 15) is 23.5 Å². The number of nitrogens with zero attached hydrogens (tertiary/aromatic N) is 1. The van der Waals surface area contributed by atoms with E-state index in [2.05, 4.69) is 0 Å². The van der Waals surface area contributed by atoms with E-state index in [0.29, 0.717) is 0 Å². The molecule has 6 heteroatoms. The van der Waals surface area contributed by atoms with Crippen molar-refractivity contribution >= 4 is 11.9 Å². The van der Waals surface area contributed by atoms with Crippen molar-refractivity contribution in [3.05, 3.63) is 35.4 Å². The van der Waals surface area contributed by atoms with Crippen LogP contribution in [0.3, 0.4) is 0 Å². The highest BCUT2D eigenvalue weighted by Gasteiger charge is 2.47. The fourth-order valence-corrected chi connectivity index (χ4v) is 3.06. The van der Waals surface area contributed by atoms with Crippen molar-refractivity contribution in [3.8, 4) is 0 Å². The number of amides is 1. The first-order chi connectivity index (χ1) is 9.99. The Balaban J connectivity index is 2.08. The summed E-state index contributed by atoms with van der Waals surface area (Å²) in [5.74, 6) is -3.47. The van der Waals surface area contributed by atoms with Gasteiger partial charge >= 0.3 is 5.97 Å². The fraction of sp³-hybridized carbons (Fsp3) is 0.467. The maximum atomic E-state index is 14.1. The summed E-state index contributed by atoms with van der Waals surface area (Å²) in [6.45, 7) is 0. The second kappa shape index (κ2) is 5.09. The van der Waals surface area contributed by atoms with Gasteiger partial charge in [0, 0.05) is 18.0 Å². The molecule has 1 N–H and O–H groups in total. The van der Waals surface area contributed by atoms with Crippen LogP contribution in [0.1, 0.15) is 37.3 Å². The van der Waals surface area contributed by atoms with Crippen LogP contribution >= 0.6 is 0 Å². The van der Waals surface area contributed by atoms with Crippen LogP contribution < -0.4 is 0 Å². The standard InChI is InChI=1S/C15H15F2NO3/c16-8-1-5-12(17)11(7-8)14-10(15(20)21)4-6-13(19)18(14)9-2-3-9/h1,5,7,9-10,14H,2-4,6H2,(H,20,21). The van der Waals surface area contributed by atoms with Crippen molar-refractivity contribution in [3.63, 3.8) is 0 Å². The van der Waals surface area contributed by atoms with Gasteiger partial charge in [0.15, 0.2) is 0 Å². The largest absolute Gasteiger partial charge is 0.481 e. The molecule has 1 saturated carbocycles. The summed E-state index contributed by atoms with van der Waals surface area (Å²) in [7, 11) is 0. The SMILES string of the molecule is O=C(O)C1CCC(=O)N(C2CC2)C1c1cc(F)ccc1F. The van der Waals surface area contributed by atoms with Crippen molar-refractivity contribution in [1.82, 2.24) is 4.90 Å². The highest BCUT2D eigenvalue weighted by molar-refractivity contribution is 5.82. The number of benzene rings is 1. The highest BCUT2D eigenvalue weighted by atomic mass is 19.1. The van der Waals surface area contributed by atoms with Gasteiger partial charge in [-0.25, -0.2) is 8.78 Å². The Hall–Kier alpha value is -1.98. The highest BCUT2D eigenvalue weighted by Crippen LogP contribution is 2.44. The molecule has 1 saturated heterocycles. The number of likely N-dealkylation sites (tertiary alicyclic amines) is 1. The molecule has 1 amide bonds. The maximum absolute atomic E-state index is 14.1. The number of carbonyl (C=O) groups excluding carboxylic acids is 1. The average molecular weight is 295 g/mol. The van der Waals surface area contributed by atoms with E-state index in [4.69, 9.17) is 0 Å². The molecule has 1 aliphatic heterocycles. The van der Waals surface area contributed by atoms with E-state index in [1.807, 2.05) is 0 Å². The molecule has 0 bridgehead atoms. The second-order valence-electron chi connectivity index (χ2n) is 5.63. The van der Waals surface area contributed by atoms with Gasteiger partial charge in [-0.1, -0.05) is 0 Å². The minimum absolute atomic E-state index is 0.0395. The van der Waals surface area contributed by atoms with E-state index < -0.39 is 29.6 Å². The average Bonchev–Trinajstić information content (AvgIpc) is 3.25. The molecule has 0 spiro atoms. The van der Waals surface area contributed by atoms with Crippen LogP contribution in [0.5, 0.6) is 0 Å². The molecule has 1 aromatic rings. The molecular weight excluding hydrogens is 280 g/mol. The first-order valence-corrected chi connectivity index (χ1v) is 6.98. The quantitative estimate of drug-likeness (QED) is 0.932. The summed E-state index contributed by atoms with van der Waals surface area (Å²) in [6.07, 6.45) is 1.86. The third kappa shape index (κ3) is 2.50. The van der Waals surface area contributed by atoms with Crippen LogP contribution in [-0.4, -0.2) is 27.9 Å². The van der Waals surface area contributed by atoms with E-state index in [1.54, 1.807) is 0 Å². The molecule has 0 radical (unpaired) electrons. The van der Waals surface area contributed by atoms with Crippen LogP contribution in [0.25, 0.3) is 0 Å². The molecule has 112 valence electrons. The van der Waals surface area contributed by atoms with Crippen molar-refractivity contribution in [2.24, 2.45) is 5.92 Å². The van der Waals surface area contributed by atoms with Gasteiger partial charge in [-0.3, -0.25) is 9.59 Å². The molecule has 3 rings (SSSR count). The van der Waals surface area contributed by atoms with E-state index in [-0.39, 0.29) is 30.4 Å². The lowest BCUT2D eigenvalue weighted by atomic mass is 9.84. The lowest BCUT2D eigenvalue weighted by molar-refractivity contribution is -0.152. The molecule has 1 aromatic carbocycles. The van der Waals surface area contributed by atoms with Gasteiger partial charge in [0.1, 0.15) is 11.6 Å². The van der Waals surface area contributed by atoms with Crippen LogP contribution in [-0.2, 0) is 9.59 Å². The zero-order valence-electron chi connectivity index (χ0n) is 11.3. The van der Waals surface area contributed by atoms with Gasteiger partial charge in [-0.15, -0.1) is 0 Å². The molecule has 2 fully saturated rings. The second-order valence-corrected chi connectivity index (χ2v) is 5.63. The Bertz CT molecular complexity index is 601. The molecule has 2 unspecified atom stereocenters. The molecule has 1 aliphatic carbocycles. The summed E-state index contributed by atoms with van der Waals surface area (Å²) in [5, 5.41) is 9.38. The molecular formula is C15H15F2NO3. The van der Waals surface area contributed by atoms with Gasteiger partial charge in [-0.2, -0.15) is 0 Å². The maximum Gasteiger partial charge on any atom is 0.308 e. The zero-order valence-corrected chi connectivity index (χ0v) is 11.3. The summed E-state index contributed by atoms with van der Waals surface area (Å²) >= 11 is 0. The Morgan fingerprint density at radius 2 is 1.95 bits per heavy atom. The van der Waals surface area contributed by atoms with Crippen LogP contribution in [0.15, 0.2) is 18.2 Å². The summed E-state index contributed by atoms with van der Waals surface area (Å²) in [4.78, 5) is 25.1. The summed E-state index contributed by atoms with van der Waals surface area (Å²) in [5.41, 5.74) is -0.0395.